The molecule has 0 saturated carbocycles. The molecule has 0 aliphatic carbocycles. The standard InChI is InChI=1S/C32H24F4N2O2/c1-4-29(20-5-9-24(10-6-20)37-32(40)26-12-8-23(34)17-28(26)36)38-30-14-18(2)21(13-19(30)3)15-31(39)25-11-7-22(33)16-27(25)35/h5-14,16-17,38H,1,15H2,2-3H3,(H,37,40). The molecule has 0 bridgehead atoms. The monoisotopic (exact) mass is 544 g/mol. The molecule has 4 aromatic carbocycles. The van der Waals surface area contributed by atoms with Gasteiger partial charge in [0, 0.05) is 35.5 Å². The number of Topliss-reactive ketones (excluding diaryl/α,β-unsaturated/α-hetero) is 1. The summed E-state index contributed by atoms with van der Waals surface area (Å²) in [6.07, 6.45) is -0.0470. The van der Waals surface area contributed by atoms with Gasteiger partial charge in [0.1, 0.15) is 23.3 Å². The Morgan fingerprint density at radius 2 is 1.35 bits per heavy atom. The number of carbonyl (C=O) groups is 2. The minimum atomic E-state index is -0.959. The van der Waals surface area contributed by atoms with E-state index in [2.05, 4.69) is 22.9 Å². The third kappa shape index (κ3) is 6.37. The van der Waals surface area contributed by atoms with E-state index in [0.717, 1.165) is 41.1 Å². The van der Waals surface area contributed by atoms with Gasteiger partial charge in [-0.05, 0) is 73.0 Å². The molecule has 8 heteroatoms. The van der Waals surface area contributed by atoms with E-state index in [1.54, 1.807) is 24.3 Å². The molecule has 0 fully saturated rings. The van der Waals surface area contributed by atoms with Crippen LogP contribution in [0.4, 0.5) is 28.9 Å². The number of rotatable bonds is 8. The van der Waals surface area contributed by atoms with Gasteiger partial charge in [-0.3, -0.25) is 9.59 Å². The molecule has 0 atom stereocenters. The Hall–Kier alpha value is -4.94. The number of nitrogens with one attached hydrogen (secondary N) is 2. The van der Waals surface area contributed by atoms with Crippen molar-refractivity contribution in [3.8, 4) is 0 Å². The number of anilines is 2. The summed E-state index contributed by atoms with van der Waals surface area (Å²) in [6.45, 7) is 7.42. The topological polar surface area (TPSA) is 58.2 Å². The molecule has 40 heavy (non-hydrogen) atoms. The number of amides is 1. The molecule has 0 heterocycles. The van der Waals surface area contributed by atoms with E-state index in [9.17, 15) is 27.2 Å². The predicted molar refractivity (Wildman–Crippen MR) is 147 cm³/mol. The highest BCUT2D eigenvalue weighted by molar-refractivity contribution is 6.04. The van der Waals surface area contributed by atoms with Gasteiger partial charge in [-0.25, -0.2) is 17.6 Å². The molecule has 202 valence electrons. The van der Waals surface area contributed by atoms with Crippen molar-refractivity contribution in [3.63, 3.8) is 0 Å². The smallest absolute Gasteiger partial charge is 0.258 e. The lowest BCUT2D eigenvalue weighted by Crippen LogP contribution is -2.14. The SMILES string of the molecule is C=C=C(Nc1cc(C)c(CC(=O)c2ccc(F)cc2F)cc1C)c1ccc(NC(=O)c2ccc(F)cc2F)cc1. The molecule has 4 nitrogen and oxygen atoms in total. The Bertz CT molecular complexity index is 1670. The summed E-state index contributed by atoms with van der Waals surface area (Å²) in [4.78, 5) is 25.0. The number of ketones is 1. The van der Waals surface area contributed by atoms with Crippen LogP contribution in [0.2, 0.25) is 0 Å². The molecular weight excluding hydrogens is 520 g/mol. The lowest BCUT2D eigenvalue weighted by molar-refractivity contribution is 0.0986. The molecule has 1 amide bonds. The number of benzene rings is 4. The fourth-order valence-electron chi connectivity index (χ4n) is 4.13. The molecular formula is C32H24F4N2O2. The number of hydrogen-bond acceptors (Lipinski definition) is 3. The zero-order valence-corrected chi connectivity index (χ0v) is 21.7. The van der Waals surface area contributed by atoms with Crippen LogP contribution in [0, 0.1) is 37.1 Å². The first-order valence-electron chi connectivity index (χ1n) is 12.2. The number of aryl methyl sites for hydroxylation is 2. The van der Waals surface area contributed by atoms with Gasteiger partial charge in [0.15, 0.2) is 5.78 Å². The van der Waals surface area contributed by atoms with Crippen LogP contribution < -0.4 is 10.6 Å². The van der Waals surface area contributed by atoms with Gasteiger partial charge < -0.3 is 10.6 Å². The first kappa shape index (κ1) is 28.1. The molecule has 0 aliphatic rings. The summed E-state index contributed by atoms with van der Waals surface area (Å²) in [5, 5.41) is 5.84. The van der Waals surface area contributed by atoms with Crippen molar-refractivity contribution < 1.29 is 27.2 Å². The van der Waals surface area contributed by atoms with Crippen LogP contribution in [0.5, 0.6) is 0 Å². The van der Waals surface area contributed by atoms with Gasteiger partial charge in [0.05, 0.1) is 16.8 Å². The van der Waals surface area contributed by atoms with Crippen LogP contribution in [0.1, 0.15) is 43.0 Å². The van der Waals surface area contributed by atoms with Gasteiger partial charge >= 0.3 is 0 Å². The quantitative estimate of drug-likeness (QED) is 0.135. The zero-order valence-electron chi connectivity index (χ0n) is 21.7. The van der Waals surface area contributed by atoms with Crippen molar-refractivity contribution in [1.82, 2.24) is 0 Å². The zero-order chi connectivity index (χ0) is 29.0. The lowest BCUT2D eigenvalue weighted by Gasteiger charge is -2.16. The average Bonchev–Trinajstić information content (AvgIpc) is 2.90. The molecule has 0 radical (unpaired) electrons. The van der Waals surface area contributed by atoms with E-state index in [4.69, 9.17) is 0 Å². The summed E-state index contributed by atoms with van der Waals surface area (Å²) < 4.78 is 54.3. The van der Waals surface area contributed by atoms with E-state index in [1.807, 2.05) is 26.0 Å². The van der Waals surface area contributed by atoms with Crippen LogP contribution in [-0.4, -0.2) is 11.7 Å². The average molecular weight is 545 g/mol. The van der Waals surface area contributed by atoms with Crippen LogP contribution in [0.3, 0.4) is 0 Å². The number of carbonyl (C=O) groups excluding carboxylic acids is 2. The van der Waals surface area contributed by atoms with Crippen LogP contribution in [0.25, 0.3) is 5.70 Å². The minimum absolute atomic E-state index is 0.0470. The van der Waals surface area contributed by atoms with Gasteiger partial charge in [-0.2, -0.15) is 0 Å². The summed E-state index contributed by atoms with van der Waals surface area (Å²) in [7, 11) is 0. The molecule has 0 unspecified atom stereocenters. The van der Waals surface area contributed by atoms with E-state index < -0.39 is 35.0 Å². The first-order valence-corrected chi connectivity index (χ1v) is 12.2. The van der Waals surface area contributed by atoms with E-state index >= 15 is 0 Å². The fourth-order valence-corrected chi connectivity index (χ4v) is 4.13. The predicted octanol–water partition coefficient (Wildman–Crippen LogP) is 7.78. The Kier molecular flexibility index (Phi) is 8.31. The van der Waals surface area contributed by atoms with Crippen LogP contribution in [0.15, 0.2) is 85.1 Å². The van der Waals surface area contributed by atoms with Crippen molar-refractivity contribution in [2.75, 3.05) is 10.6 Å². The van der Waals surface area contributed by atoms with Gasteiger partial charge in [-0.1, -0.05) is 24.8 Å². The molecule has 0 spiro atoms. The van der Waals surface area contributed by atoms with E-state index in [1.165, 1.54) is 0 Å². The highest BCUT2D eigenvalue weighted by atomic mass is 19.1. The Morgan fingerprint density at radius 3 is 1.93 bits per heavy atom. The maximum absolute atomic E-state index is 14.1. The molecule has 4 aromatic rings. The van der Waals surface area contributed by atoms with Crippen molar-refractivity contribution >= 4 is 28.8 Å². The second kappa shape index (κ2) is 11.8. The van der Waals surface area contributed by atoms with E-state index in [0.29, 0.717) is 34.6 Å². The molecule has 0 aromatic heterocycles. The summed E-state index contributed by atoms with van der Waals surface area (Å²) in [6, 6.07) is 15.9. The minimum Gasteiger partial charge on any atom is -0.348 e. The third-order valence-electron chi connectivity index (χ3n) is 6.31. The number of hydrogen-bond donors (Lipinski definition) is 2. The van der Waals surface area contributed by atoms with Crippen molar-refractivity contribution in [1.29, 1.82) is 0 Å². The Balaban J connectivity index is 1.47. The lowest BCUT2D eigenvalue weighted by atomic mass is 9.96. The third-order valence-corrected chi connectivity index (χ3v) is 6.31. The second-order valence-electron chi connectivity index (χ2n) is 9.15. The van der Waals surface area contributed by atoms with Crippen molar-refractivity contribution in [3.05, 3.63) is 142 Å². The van der Waals surface area contributed by atoms with Gasteiger partial charge in [0.2, 0.25) is 0 Å². The number of halogens is 4. The van der Waals surface area contributed by atoms with Crippen molar-refractivity contribution in [2.24, 2.45) is 0 Å². The maximum atomic E-state index is 14.1. The Labute approximate surface area is 228 Å². The first-order chi connectivity index (χ1) is 19.0. The normalized spacial score (nSPS) is 10.6. The summed E-state index contributed by atoms with van der Waals surface area (Å²) in [5.41, 5.74) is 7.09. The largest absolute Gasteiger partial charge is 0.348 e. The Morgan fingerprint density at radius 1 is 0.750 bits per heavy atom. The fraction of sp³-hybridized carbons (Fsp3) is 0.0938. The second-order valence-corrected chi connectivity index (χ2v) is 9.15. The van der Waals surface area contributed by atoms with Crippen LogP contribution in [-0.2, 0) is 6.42 Å². The molecule has 4 rings (SSSR count). The molecule has 0 saturated heterocycles. The highest BCUT2D eigenvalue weighted by Crippen LogP contribution is 2.27. The summed E-state index contributed by atoms with van der Waals surface area (Å²) >= 11 is 0. The van der Waals surface area contributed by atoms with E-state index in [-0.39, 0.29) is 17.5 Å². The molecule has 0 aliphatic heterocycles. The van der Waals surface area contributed by atoms with Gasteiger partial charge in [-0.15, -0.1) is 5.73 Å². The van der Waals surface area contributed by atoms with Crippen LogP contribution >= 0.6 is 0 Å². The highest BCUT2D eigenvalue weighted by Gasteiger charge is 2.16. The molecule has 2 N–H and O–H groups in total. The van der Waals surface area contributed by atoms with Crippen molar-refractivity contribution in [2.45, 2.75) is 20.3 Å². The van der Waals surface area contributed by atoms with Gasteiger partial charge in [0.25, 0.3) is 5.91 Å². The summed E-state index contributed by atoms with van der Waals surface area (Å²) in [5.74, 6) is -4.55. The maximum Gasteiger partial charge on any atom is 0.258 e.